The predicted octanol–water partition coefficient (Wildman–Crippen LogP) is 3.88. The maximum atomic E-state index is 13.6. The van der Waals surface area contributed by atoms with Crippen LogP contribution in [0.3, 0.4) is 0 Å². The molecular weight excluding hydrogens is 225 g/mol. The molecule has 0 aliphatic rings. The third-order valence-electron chi connectivity index (χ3n) is 2.69. The van der Waals surface area contributed by atoms with E-state index in [4.69, 9.17) is 17.3 Å². The van der Waals surface area contributed by atoms with Crippen LogP contribution in [0.15, 0.2) is 12.1 Å². The smallest absolute Gasteiger partial charge is 0.128 e. The van der Waals surface area contributed by atoms with Gasteiger partial charge in [0.25, 0.3) is 0 Å². The van der Waals surface area contributed by atoms with E-state index >= 15 is 0 Å². The number of unbranched alkanes of at least 4 members (excludes halogenated alkanes) is 1. The van der Waals surface area contributed by atoms with Gasteiger partial charge in [-0.1, -0.05) is 31.5 Å². The monoisotopic (exact) mass is 243 g/mol. The van der Waals surface area contributed by atoms with E-state index in [1.54, 1.807) is 0 Å². The molecule has 0 amide bonds. The van der Waals surface area contributed by atoms with Crippen LogP contribution in [0, 0.1) is 5.82 Å². The Morgan fingerprint density at radius 1 is 1.31 bits per heavy atom. The molecule has 1 aromatic carbocycles. The second kappa shape index (κ2) is 6.21. The standard InChI is InChI=1S/C13H19ClFN/c1-9(2)11-7-10(5-3-4-6-16)12(14)8-13(11)15/h7-9H,3-6,16H2,1-2H3. The molecule has 0 aliphatic heterocycles. The molecule has 0 atom stereocenters. The van der Waals surface area contributed by atoms with Crippen molar-refractivity contribution in [2.45, 2.75) is 39.0 Å². The molecule has 1 nitrogen and oxygen atoms in total. The number of hydrogen-bond donors (Lipinski definition) is 1. The minimum Gasteiger partial charge on any atom is -0.330 e. The van der Waals surface area contributed by atoms with E-state index < -0.39 is 0 Å². The largest absolute Gasteiger partial charge is 0.330 e. The van der Waals surface area contributed by atoms with Gasteiger partial charge in [-0.15, -0.1) is 0 Å². The van der Waals surface area contributed by atoms with Crippen LogP contribution >= 0.6 is 11.6 Å². The molecule has 0 heterocycles. The third-order valence-corrected chi connectivity index (χ3v) is 3.04. The average molecular weight is 244 g/mol. The van der Waals surface area contributed by atoms with E-state index in [0.29, 0.717) is 11.6 Å². The lowest BCUT2D eigenvalue weighted by Crippen LogP contribution is -2.01. The third kappa shape index (κ3) is 3.46. The first-order chi connectivity index (χ1) is 7.56. The first kappa shape index (κ1) is 13.5. The summed E-state index contributed by atoms with van der Waals surface area (Å²) < 4.78 is 13.6. The van der Waals surface area contributed by atoms with Crippen molar-refractivity contribution in [3.05, 3.63) is 34.1 Å². The van der Waals surface area contributed by atoms with Crippen molar-refractivity contribution in [2.75, 3.05) is 6.54 Å². The van der Waals surface area contributed by atoms with Crippen molar-refractivity contribution >= 4 is 11.6 Å². The summed E-state index contributed by atoms with van der Waals surface area (Å²) in [6.45, 7) is 4.65. The van der Waals surface area contributed by atoms with Crippen molar-refractivity contribution < 1.29 is 4.39 Å². The van der Waals surface area contributed by atoms with Gasteiger partial charge in [0, 0.05) is 5.02 Å². The Bertz CT molecular complexity index is 350. The summed E-state index contributed by atoms with van der Waals surface area (Å²) in [5.74, 6) is -0.0203. The lowest BCUT2D eigenvalue weighted by Gasteiger charge is -2.11. The Morgan fingerprint density at radius 2 is 2.00 bits per heavy atom. The predicted molar refractivity (Wildman–Crippen MR) is 67.5 cm³/mol. The van der Waals surface area contributed by atoms with Gasteiger partial charge in [0.15, 0.2) is 0 Å². The second-order valence-corrected chi connectivity index (χ2v) is 4.77. The molecular formula is C13H19ClFN. The molecule has 0 fully saturated rings. The fourth-order valence-electron chi connectivity index (χ4n) is 1.71. The molecule has 0 unspecified atom stereocenters. The number of halogens is 2. The van der Waals surface area contributed by atoms with Gasteiger partial charge >= 0.3 is 0 Å². The lowest BCUT2D eigenvalue weighted by atomic mass is 9.98. The van der Waals surface area contributed by atoms with Gasteiger partial charge in [-0.2, -0.15) is 0 Å². The SMILES string of the molecule is CC(C)c1cc(CCCCN)c(Cl)cc1F. The summed E-state index contributed by atoms with van der Waals surface area (Å²) in [7, 11) is 0. The molecule has 0 bridgehead atoms. The van der Waals surface area contributed by atoms with Crippen LogP contribution < -0.4 is 5.73 Å². The molecule has 1 rings (SSSR count). The van der Waals surface area contributed by atoms with E-state index in [-0.39, 0.29) is 11.7 Å². The molecule has 16 heavy (non-hydrogen) atoms. The van der Waals surface area contributed by atoms with Gasteiger partial charge in [-0.3, -0.25) is 0 Å². The van der Waals surface area contributed by atoms with Gasteiger partial charge in [0.2, 0.25) is 0 Å². The Labute approximate surface area is 102 Å². The van der Waals surface area contributed by atoms with E-state index in [1.807, 2.05) is 19.9 Å². The summed E-state index contributed by atoms with van der Waals surface area (Å²) in [6, 6.07) is 3.31. The Morgan fingerprint density at radius 3 is 2.56 bits per heavy atom. The Balaban J connectivity index is 2.87. The lowest BCUT2D eigenvalue weighted by molar-refractivity contribution is 0.596. The molecule has 90 valence electrons. The van der Waals surface area contributed by atoms with Gasteiger partial charge in [-0.05, 0) is 48.9 Å². The summed E-state index contributed by atoms with van der Waals surface area (Å²) in [6.07, 6.45) is 2.85. The topological polar surface area (TPSA) is 26.0 Å². The average Bonchev–Trinajstić information content (AvgIpc) is 2.21. The fourth-order valence-corrected chi connectivity index (χ4v) is 1.95. The summed E-state index contributed by atoms with van der Waals surface area (Å²) >= 11 is 6.01. The van der Waals surface area contributed by atoms with E-state index in [0.717, 1.165) is 30.4 Å². The fraction of sp³-hybridized carbons (Fsp3) is 0.538. The van der Waals surface area contributed by atoms with Gasteiger partial charge in [0.1, 0.15) is 5.82 Å². The molecule has 0 aliphatic carbocycles. The molecule has 3 heteroatoms. The first-order valence-corrected chi connectivity index (χ1v) is 6.12. The number of nitrogens with two attached hydrogens (primary N) is 1. The van der Waals surface area contributed by atoms with Gasteiger partial charge in [0.05, 0.1) is 0 Å². The van der Waals surface area contributed by atoms with Crippen LogP contribution in [0.1, 0.15) is 43.7 Å². The van der Waals surface area contributed by atoms with Crippen LogP contribution in [0.5, 0.6) is 0 Å². The highest BCUT2D eigenvalue weighted by Gasteiger charge is 2.11. The number of hydrogen-bond acceptors (Lipinski definition) is 1. The van der Waals surface area contributed by atoms with Crippen molar-refractivity contribution in [1.29, 1.82) is 0 Å². The highest BCUT2D eigenvalue weighted by molar-refractivity contribution is 6.31. The quantitative estimate of drug-likeness (QED) is 0.781. The second-order valence-electron chi connectivity index (χ2n) is 4.37. The highest BCUT2D eigenvalue weighted by atomic mass is 35.5. The van der Waals surface area contributed by atoms with Crippen LogP contribution in [0.25, 0.3) is 0 Å². The number of aryl methyl sites for hydroxylation is 1. The maximum Gasteiger partial charge on any atom is 0.128 e. The van der Waals surface area contributed by atoms with E-state index in [9.17, 15) is 4.39 Å². The summed E-state index contributed by atoms with van der Waals surface area (Å²) in [5, 5.41) is 0.527. The van der Waals surface area contributed by atoms with Crippen LogP contribution in [-0.2, 0) is 6.42 Å². The van der Waals surface area contributed by atoms with Crippen molar-refractivity contribution in [1.82, 2.24) is 0 Å². The maximum absolute atomic E-state index is 13.6. The van der Waals surface area contributed by atoms with Gasteiger partial charge < -0.3 is 5.73 Å². The molecule has 0 saturated carbocycles. The number of benzene rings is 1. The first-order valence-electron chi connectivity index (χ1n) is 5.74. The minimum atomic E-state index is -0.206. The van der Waals surface area contributed by atoms with Crippen molar-refractivity contribution in [3.8, 4) is 0 Å². The van der Waals surface area contributed by atoms with Crippen LogP contribution in [0.4, 0.5) is 4.39 Å². The molecule has 1 aromatic rings. The Hall–Kier alpha value is -0.600. The minimum absolute atomic E-state index is 0.186. The van der Waals surface area contributed by atoms with E-state index in [1.165, 1.54) is 6.07 Å². The molecule has 0 saturated heterocycles. The van der Waals surface area contributed by atoms with E-state index in [2.05, 4.69) is 0 Å². The van der Waals surface area contributed by atoms with Crippen molar-refractivity contribution in [2.24, 2.45) is 5.73 Å². The van der Waals surface area contributed by atoms with Crippen molar-refractivity contribution in [3.63, 3.8) is 0 Å². The molecule has 0 radical (unpaired) electrons. The highest BCUT2D eigenvalue weighted by Crippen LogP contribution is 2.26. The van der Waals surface area contributed by atoms with Crippen LogP contribution in [0.2, 0.25) is 5.02 Å². The zero-order chi connectivity index (χ0) is 12.1. The number of rotatable bonds is 5. The zero-order valence-electron chi connectivity index (χ0n) is 9.89. The van der Waals surface area contributed by atoms with Crippen LogP contribution in [-0.4, -0.2) is 6.54 Å². The molecule has 0 spiro atoms. The summed E-state index contributed by atoms with van der Waals surface area (Å²) in [4.78, 5) is 0. The molecule has 0 aromatic heterocycles. The summed E-state index contributed by atoms with van der Waals surface area (Å²) in [5.41, 5.74) is 7.21. The molecule has 2 N–H and O–H groups in total. The normalized spacial score (nSPS) is 11.1. The van der Waals surface area contributed by atoms with Gasteiger partial charge in [-0.25, -0.2) is 4.39 Å². The zero-order valence-corrected chi connectivity index (χ0v) is 10.6. The Kier molecular flexibility index (Phi) is 5.23.